The van der Waals surface area contributed by atoms with Gasteiger partial charge in [0, 0.05) is 7.05 Å². The summed E-state index contributed by atoms with van der Waals surface area (Å²) in [7, 11) is 1.58. The lowest BCUT2D eigenvalue weighted by Crippen LogP contribution is -2.24. The maximum atomic E-state index is 10.8. The molecule has 0 fully saturated rings. The molecule has 0 saturated heterocycles. The fraction of sp³-hybridized carbons (Fsp3) is 0.583. The van der Waals surface area contributed by atoms with Gasteiger partial charge in [0.1, 0.15) is 6.61 Å². The van der Waals surface area contributed by atoms with Crippen LogP contribution in [0.25, 0.3) is 0 Å². The molecule has 4 nitrogen and oxygen atoms in total. The van der Waals surface area contributed by atoms with Crippen molar-refractivity contribution in [2.45, 2.75) is 6.92 Å². The Bertz CT molecular complexity index is 226. The van der Waals surface area contributed by atoms with Crippen LogP contribution in [-0.2, 0) is 14.3 Å². The number of carbonyl (C=O) groups is 1. The van der Waals surface area contributed by atoms with E-state index in [1.54, 1.807) is 13.1 Å². The van der Waals surface area contributed by atoms with Crippen molar-refractivity contribution in [3.05, 3.63) is 24.8 Å². The standard InChI is InChI=1S/C12H21NO3/c1-4-5-6-11(2)9-15-7-8-16-10-12(14)13-3/h4-6,11H,1,7-10H2,2-3H3,(H,13,14)/b6-5-. The summed E-state index contributed by atoms with van der Waals surface area (Å²) in [5.74, 6) is 0.235. The summed E-state index contributed by atoms with van der Waals surface area (Å²) in [4.78, 5) is 10.8. The molecule has 0 rings (SSSR count). The van der Waals surface area contributed by atoms with Gasteiger partial charge in [0.15, 0.2) is 0 Å². The van der Waals surface area contributed by atoms with E-state index >= 15 is 0 Å². The molecule has 1 N–H and O–H groups in total. The van der Waals surface area contributed by atoms with Crippen LogP contribution in [0.15, 0.2) is 24.8 Å². The molecule has 0 heterocycles. The molecule has 0 bridgehead atoms. The van der Waals surface area contributed by atoms with Crippen LogP contribution in [0, 0.1) is 5.92 Å². The summed E-state index contributed by atoms with van der Waals surface area (Å²) in [6.07, 6.45) is 5.66. The minimum absolute atomic E-state index is 0.0891. The molecule has 16 heavy (non-hydrogen) atoms. The number of nitrogens with one attached hydrogen (secondary N) is 1. The Kier molecular flexibility index (Phi) is 9.66. The molecule has 0 aromatic carbocycles. The van der Waals surface area contributed by atoms with Crippen molar-refractivity contribution in [3.8, 4) is 0 Å². The molecule has 0 saturated carbocycles. The zero-order chi connectivity index (χ0) is 12.2. The molecular formula is C12H21NO3. The van der Waals surface area contributed by atoms with Crippen LogP contribution in [0.1, 0.15) is 6.92 Å². The van der Waals surface area contributed by atoms with Gasteiger partial charge >= 0.3 is 0 Å². The first-order valence-corrected chi connectivity index (χ1v) is 5.36. The summed E-state index contributed by atoms with van der Waals surface area (Å²) in [6, 6.07) is 0. The SMILES string of the molecule is C=C/C=C\C(C)COCCOCC(=O)NC. The number of likely N-dealkylation sites (N-methyl/N-ethyl adjacent to an activating group) is 1. The topological polar surface area (TPSA) is 47.6 Å². The van der Waals surface area contributed by atoms with Gasteiger partial charge in [-0.05, 0) is 5.92 Å². The van der Waals surface area contributed by atoms with E-state index in [-0.39, 0.29) is 12.5 Å². The molecular weight excluding hydrogens is 206 g/mol. The second-order valence-corrected chi connectivity index (χ2v) is 3.40. The van der Waals surface area contributed by atoms with Crippen molar-refractivity contribution in [1.82, 2.24) is 5.32 Å². The van der Waals surface area contributed by atoms with E-state index in [9.17, 15) is 4.79 Å². The van der Waals surface area contributed by atoms with E-state index < -0.39 is 0 Å². The summed E-state index contributed by atoms with van der Waals surface area (Å²) in [5, 5.41) is 2.47. The van der Waals surface area contributed by atoms with Crippen molar-refractivity contribution in [2.75, 3.05) is 33.5 Å². The number of hydrogen-bond acceptors (Lipinski definition) is 3. The van der Waals surface area contributed by atoms with Gasteiger partial charge in [0.2, 0.25) is 5.91 Å². The fourth-order valence-corrected chi connectivity index (χ4v) is 0.948. The molecule has 1 atom stereocenters. The van der Waals surface area contributed by atoms with Crippen molar-refractivity contribution in [3.63, 3.8) is 0 Å². The van der Waals surface area contributed by atoms with Crippen molar-refractivity contribution in [1.29, 1.82) is 0 Å². The lowest BCUT2D eigenvalue weighted by atomic mass is 10.2. The predicted octanol–water partition coefficient (Wildman–Crippen LogP) is 1.14. The highest BCUT2D eigenvalue weighted by Crippen LogP contribution is 1.97. The van der Waals surface area contributed by atoms with Gasteiger partial charge in [0.05, 0.1) is 19.8 Å². The zero-order valence-corrected chi connectivity index (χ0v) is 10.1. The van der Waals surface area contributed by atoms with E-state index in [0.717, 1.165) is 0 Å². The van der Waals surface area contributed by atoms with Gasteiger partial charge in [-0.1, -0.05) is 31.7 Å². The number of rotatable bonds is 9. The van der Waals surface area contributed by atoms with Gasteiger partial charge in [-0.2, -0.15) is 0 Å². The third-order valence-corrected chi connectivity index (χ3v) is 1.84. The molecule has 0 aromatic heterocycles. The molecule has 1 unspecified atom stereocenters. The highest BCUT2D eigenvalue weighted by atomic mass is 16.5. The largest absolute Gasteiger partial charge is 0.378 e. The van der Waals surface area contributed by atoms with Gasteiger partial charge in [-0.3, -0.25) is 4.79 Å². The Hall–Kier alpha value is -1.13. The summed E-state index contributed by atoms with van der Waals surface area (Å²) < 4.78 is 10.4. The lowest BCUT2D eigenvalue weighted by molar-refractivity contribution is -0.125. The first-order valence-electron chi connectivity index (χ1n) is 5.36. The van der Waals surface area contributed by atoms with Gasteiger partial charge in [-0.15, -0.1) is 0 Å². The molecule has 92 valence electrons. The summed E-state index contributed by atoms with van der Waals surface area (Å²) in [5.41, 5.74) is 0. The molecule has 0 aliphatic heterocycles. The highest BCUT2D eigenvalue weighted by molar-refractivity contribution is 5.76. The molecule has 0 aliphatic carbocycles. The second kappa shape index (κ2) is 10.4. The maximum absolute atomic E-state index is 10.8. The van der Waals surface area contributed by atoms with Gasteiger partial charge in [0.25, 0.3) is 0 Å². The Balaban J connectivity index is 3.29. The smallest absolute Gasteiger partial charge is 0.245 e. The van der Waals surface area contributed by atoms with Crippen LogP contribution in [0.4, 0.5) is 0 Å². The quantitative estimate of drug-likeness (QED) is 0.475. The Labute approximate surface area is 97.3 Å². The molecule has 0 aliphatic rings. The van der Waals surface area contributed by atoms with Crippen molar-refractivity contribution in [2.24, 2.45) is 5.92 Å². The first kappa shape index (κ1) is 14.9. The Morgan fingerprint density at radius 3 is 2.75 bits per heavy atom. The van der Waals surface area contributed by atoms with Gasteiger partial charge < -0.3 is 14.8 Å². The summed E-state index contributed by atoms with van der Waals surface area (Å²) in [6.45, 7) is 7.33. The number of hydrogen-bond donors (Lipinski definition) is 1. The second-order valence-electron chi connectivity index (χ2n) is 3.40. The Morgan fingerprint density at radius 2 is 2.12 bits per heavy atom. The van der Waals surface area contributed by atoms with E-state index in [0.29, 0.717) is 25.7 Å². The third kappa shape index (κ3) is 9.43. The zero-order valence-electron chi connectivity index (χ0n) is 10.1. The average molecular weight is 227 g/mol. The monoisotopic (exact) mass is 227 g/mol. The van der Waals surface area contributed by atoms with Crippen molar-refractivity contribution >= 4 is 5.91 Å². The first-order chi connectivity index (χ1) is 7.70. The Morgan fingerprint density at radius 1 is 1.44 bits per heavy atom. The molecule has 1 amide bonds. The maximum Gasteiger partial charge on any atom is 0.245 e. The minimum Gasteiger partial charge on any atom is -0.378 e. The molecule has 0 aromatic rings. The molecule has 0 spiro atoms. The highest BCUT2D eigenvalue weighted by Gasteiger charge is 1.98. The molecule has 4 heteroatoms. The van der Waals surface area contributed by atoms with Crippen LogP contribution in [0.3, 0.4) is 0 Å². The number of allylic oxidation sites excluding steroid dienone is 2. The van der Waals surface area contributed by atoms with Crippen LogP contribution in [0.2, 0.25) is 0 Å². The number of amides is 1. The van der Waals surface area contributed by atoms with Gasteiger partial charge in [-0.25, -0.2) is 0 Å². The summed E-state index contributed by atoms with van der Waals surface area (Å²) >= 11 is 0. The normalized spacial score (nSPS) is 12.6. The van der Waals surface area contributed by atoms with Crippen LogP contribution in [0.5, 0.6) is 0 Å². The minimum atomic E-state index is -0.123. The fourth-order valence-electron chi connectivity index (χ4n) is 0.948. The van der Waals surface area contributed by atoms with E-state index in [1.165, 1.54) is 0 Å². The van der Waals surface area contributed by atoms with Crippen molar-refractivity contribution < 1.29 is 14.3 Å². The number of carbonyl (C=O) groups excluding carboxylic acids is 1. The number of ether oxygens (including phenoxy) is 2. The van der Waals surface area contributed by atoms with Crippen LogP contribution >= 0.6 is 0 Å². The lowest BCUT2D eigenvalue weighted by Gasteiger charge is -2.08. The van der Waals surface area contributed by atoms with E-state index in [1.807, 2.05) is 12.2 Å². The van der Waals surface area contributed by atoms with Crippen LogP contribution in [-0.4, -0.2) is 39.4 Å². The predicted molar refractivity (Wildman–Crippen MR) is 64.2 cm³/mol. The third-order valence-electron chi connectivity index (χ3n) is 1.84. The van der Waals surface area contributed by atoms with E-state index in [4.69, 9.17) is 9.47 Å². The van der Waals surface area contributed by atoms with E-state index in [2.05, 4.69) is 18.8 Å². The average Bonchev–Trinajstić information content (AvgIpc) is 2.30. The van der Waals surface area contributed by atoms with Crippen LogP contribution < -0.4 is 5.32 Å². The molecule has 0 radical (unpaired) electrons.